The van der Waals surface area contributed by atoms with Gasteiger partial charge in [0.25, 0.3) is 5.91 Å². The van der Waals surface area contributed by atoms with Gasteiger partial charge in [-0.05, 0) is 18.1 Å². The number of aliphatic hydroxyl groups is 1. The van der Waals surface area contributed by atoms with Crippen molar-refractivity contribution in [2.45, 2.75) is 6.42 Å². The molecule has 14 heavy (non-hydrogen) atoms. The zero-order valence-electron chi connectivity index (χ0n) is 7.26. The molecular formula is C9H9ClFNO2. The van der Waals surface area contributed by atoms with E-state index >= 15 is 0 Å². The predicted octanol–water partition coefficient (Wildman–Crippen LogP) is 1.11. The van der Waals surface area contributed by atoms with Crippen LogP contribution < -0.4 is 5.73 Å². The molecule has 3 nitrogen and oxygen atoms in total. The van der Waals surface area contributed by atoms with Crippen LogP contribution in [-0.4, -0.2) is 17.6 Å². The summed E-state index contributed by atoms with van der Waals surface area (Å²) in [6.07, 6.45) is 0.173. The molecule has 0 spiro atoms. The van der Waals surface area contributed by atoms with Gasteiger partial charge in [-0.3, -0.25) is 4.79 Å². The lowest BCUT2D eigenvalue weighted by atomic mass is 10.0. The van der Waals surface area contributed by atoms with Crippen LogP contribution in [0.5, 0.6) is 0 Å². The van der Waals surface area contributed by atoms with E-state index < -0.39 is 11.7 Å². The monoisotopic (exact) mass is 217 g/mol. The first kappa shape index (κ1) is 10.9. The highest BCUT2D eigenvalue weighted by Crippen LogP contribution is 2.21. The summed E-state index contributed by atoms with van der Waals surface area (Å²) in [5.41, 5.74) is 5.11. The van der Waals surface area contributed by atoms with E-state index in [9.17, 15) is 9.18 Å². The Kier molecular flexibility index (Phi) is 3.43. The second-order valence-corrected chi connectivity index (χ2v) is 3.14. The number of amides is 1. The molecule has 5 heteroatoms. The maximum atomic E-state index is 13.3. The van der Waals surface area contributed by atoms with E-state index in [1.807, 2.05) is 0 Å². The molecule has 0 aliphatic heterocycles. The predicted molar refractivity (Wildman–Crippen MR) is 50.7 cm³/mol. The minimum absolute atomic E-state index is 0.152. The number of hydrogen-bond donors (Lipinski definition) is 2. The molecule has 1 aromatic carbocycles. The summed E-state index contributed by atoms with van der Waals surface area (Å²) in [5.74, 6) is -1.71. The summed E-state index contributed by atoms with van der Waals surface area (Å²) >= 11 is 5.48. The third-order valence-electron chi connectivity index (χ3n) is 1.81. The molecule has 1 amide bonds. The minimum Gasteiger partial charge on any atom is -0.396 e. The highest BCUT2D eigenvalue weighted by atomic mass is 35.5. The zero-order valence-corrected chi connectivity index (χ0v) is 8.01. The van der Waals surface area contributed by atoms with Crippen LogP contribution in [0.15, 0.2) is 12.1 Å². The SMILES string of the molecule is NC(=O)c1c(CCO)ccc(Cl)c1F. The molecule has 0 atom stereocenters. The van der Waals surface area contributed by atoms with Crippen LogP contribution in [0.1, 0.15) is 15.9 Å². The van der Waals surface area contributed by atoms with Crippen LogP contribution in [0.25, 0.3) is 0 Å². The van der Waals surface area contributed by atoms with E-state index in [0.29, 0.717) is 5.56 Å². The summed E-state index contributed by atoms with van der Waals surface area (Å²) in [4.78, 5) is 10.9. The molecule has 0 aliphatic carbocycles. The average molecular weight is 218 g/mol. The van der Waals surface area contributed by atoms with Crippen LogP contribution in [0.3, 0.4) is 0 Å². The second kappa shape index (κ2) is 4.39. The molecule has 0 radical (unpaired) electrons. The van der Waals surface area contributed by atoms with Crippen molar-refractivity contribution in [1.29, 1.82) is 0 Å². The van der Waals surface area contributed by atoms with Gasteiger partial charge in [-0.25, -0.2) is 4.39 Å². The van der Waals surface area contributed by atoms with Crippen molar-refractivity contribution in [3.8, 4) is 0 Å². The fourth-order valence-corrected chi connectivity index (χ4v) is 1.34. The third-order valence-corrected chi connectivity index (χ3v) is 2.10. The molecule has 0 saturated carbocycles. The summed E-state index contributed by atoms with van der Waals surface area (Å²) in [5, 5.41) is 8.53. The Morgan fingerprint density at radius 2 is 2.21 bits per heavy atom. The lowest BCUT2D eigenvalue weighted by Crippen LogP contribution is -2.17. The highest BCUT2D eigenvalue weighted by Gasteiger charge is 2.16. The number of carbonyl (C=O) groups excluding carboxylic acids is 1. The Morgan fingerprint density at radius 3 is 2.71 bits per heavy atom. The minimum atomic E-state index is -0.881. The second-order valence-electron chi connectivity index (χ2n) is 2.73. The highest BCUT2D eigenvalue weighted by molar-refractivity contribution is 6.31. The summed E-state index contributed by atoms with van der Waals surface area (Å²) in [6, 6.07) is 2.80. The van der Waals surface area contributed by atoms with Gasteiger partial charge in [-0.15, -0.1) is 0 Å². The smallest absolute Gasteiger partial charge is 0.252 e. The van der Waals surface area contributed by atoms with Crippen LogP contribution in [0.4, 0.5) is 4.39 Å². The van der Waals surface area contributed by atoms with Crippen molar-refractivity contribution in [3.05, 3.63) is 34.1 Å². The van der Waals surface area contributed by atoms with E-state index in [0.717, 1.165) is 0 Å². The number of benzene rings is 1. The van der Waals surface area contributed by atoms with Crippen LogP contribution in [0.2, 0.25) is 5.02 Å². The van der Waals surface area contributed by atoms with E-state index in [2.05, 4.69) is 0 Å². The molecular weight excluding hydrogens is 209 g/mol. The Morgan fingerprint density at radius 1 is 1.57 bits per heavy atom. The van der Waals surface area contributed by atoms with E-state index in [1.165, 1.54) is 12.1 Å². The molecule has 0 aliphatic rings. The lowest BCUT2D eigenvalue weighted by molar-refractivity contribution is 0.0995. The quantitative estimate of drug-likeness (QED) is 0.797. The van der Waals surface area contributed by atoms with Crippen molar-refractivity contribution in [2.24, 2.45) is 5.73 Å². The van der Waals surface area contributed by atoms with E-state index in [4.69, 9.17) is 22.4 Å². The number of rotatable bonds is 3. The Balaban J connectivity index is 3.30. The van der Waals surface area contributed by atoms with Crippen LogP contribution in [0, 0.1) is 5.82 Å². The number of hydrogen-bond acceptors (Lipinski definition) is 2. The summed E-state index contributed by atoms with van der Waals surface area (Å²) in [7, 11) is 0. The largest absolute Gasteiger partial charge is 0.396 e. The molecule has 0 unspecified atom stereocenters. The van der Waals surface area contributed by atoms with Gasteiger partial charge < -0.3 is 10.8 Å². The molecule has 0 saturated heterocycles. The Labute approximate surface area is 85.3 Å². The fraction of sp³-hybridized carbons (Fsp3) is 0.222. The average Bonchev–Trinajstić information content (AvgIpc) is 2.11. The fourth-order valence-electron chi connectivity index (χ4n) is 1.19. The maximum Gasteiger partial charge on any atom is 0.252 e. The first-order chi connectivity index (χ1) is 6.57. The normalized spacial score (nSPS) is 10.2. The molecule has 0 bridgehead atoms. The number of nitrogens with two attached hydrogens (primary N) is 1. The van der Waals surface area contributed by atoms with Crippen LogP contribution in [-0.2, 0) is 6.42 Å². The van der Waals surface area contributed by atoms with Gasteiger partial charge in [0.05, 0.1) is 10.6 Å². The third kappa shape index (κ3) is 2.02. The van der Waals surface area contributed by atoms with Gasteiger partial charge in [0.2, 0.25) is 0 Å². The number of primary amides is 1. The van der Waals surface area contributed by atoms with Crippen molar-refractivity contribution >= 4 is 17.5 Å². The summed E-state index contributed by atoms with van der Waals surface area (Å²) < 4.78 is 13.3. The molecule has 1 aromatic rings. The number of carbonyl (C=O) groups is 1. The van der Waals surface area contributed by atoms with Gasteiger partial charge in [0.1, 0.15) is 0 Å². The number of halogens is 2. The molecule has 76 valence electrons. The molecule has 1 rings (SSSR count). The number of aliphatic hydroxyl groups excluding tert-OH is 1. The Bertz CT molecular complexity index is 368. The van der Waals surface area contributed by atoms with Gasteiger partial charge in [0, 0.05) is 6.61 Å². The zero-order chi connectivity index (χ0) is 10.7. The lowest BCUT2D eigenvalue weighted by Gasteiger charge is -2.07. The van der Waals surface area contributed by atoms with Crippen molar-refractivity contribution in [1.82, 2.24) is 0 Å². The summed E-state index contributed by atoms with van der Waals surface area (Å²) in [6.45, 7) is -0.179. The van der Waals surface area contributed by atoms with Gasteiger partial charge >= 0.3 is 0 Å². The Hall–Kier alpha value is -1.13. The maximum absolute atomic E-state index is 13.3. The van der Waals surface area contributed by atoms with Crippen molar-refractivity contribution in [2.75, 3.05) is 6.61 Å². The first-order valence-electron chi connectivity index (χ1n) is 3.95. The van der Waals surface area contributed by atoms with E-state index in [1.54, 1.807) is 0 Å². The first-order valence-corrected chi connectivity index (χ1v) is 4.33. The van der Waals surface area contributed by atoms with Crippen molar-refractivity contribution < 1.29 is 14.3 Å². The van der Waals surface area contributed by atoms with E-state index in [-0.39, 0.29) is 23.6 Å². The van der Waals surface area contributed by atoms with Gasteiger partial charge in [0.15, 0.2) is 5.82 Å². The topological polar surface area (TPSA) is 63.3 Å². The van der Waals surface area contributed by atoms with Crippen LogP contribution >= 0.6 is 11.6 Å². The molecule has 3 N–H and O–H groups in total. The van der Waals surface area contributed by atoms with Crippen molar-refractivity contribution in [3.63, 3.8) is 0 Å². The molecule has 0 heterocycles. The molecule has 0 aromatic heterocycles. The standard InChI is InChI=1S/C9H9ClFNO2/c10-6-2-1-5(3-4-13)7(8(6)11)9(12)14/h1-2,13H,3-4H2,(H2,12,14). The van der Waals surface area contributed by atoms with Gasteiger partial charge in [-0.1, -0.05) is 17.7 Å². The molecule has 0 fully saturated rings. The van der Waals surface area contributed by atoms with Gasteiger partial charge in [-0.2, -0.15) is 0 Å².